The quantitative estimate of drug-likeness (QED) is 0.293. The van der Waals surface area contributed by atoms with Crippen LogP contribution in [0, 0.1) is 31.1 Å². The number of hydrogen-bond donors (Lipinski definition) is 2. The van der Waals surface area contributed by atoms with Gasteiger partial charge in [-0.25, -0.2) is 0 Å². The van der Waals surface area contributed by atoms with Crippen molar-refractivity contribution in [2.24, 2.45) is 5.92 Å². The molecule has 3 rings (SSSR count). The van der Waals surface area contributed by atoms with E-state index in [0.29, 0.717) is 5.69 Å². The lowest BCUT2D eigenvalue weighted by molar-refractivity contribution is -0.131. The molecule has 2 N–H and O–H groups in total. The number of rotatable bonds is 4. The number of hydrogen-bond acceptors (Lipinski definition) is 5. The molecule has 1 aliphatic heterocycles. The number of anilines is 2. The van der Waals surface area contributed by atoms with E-state index in [1.165, 1.54) is 17.0 Å². The van der Waals surface area contributed by atoms with Crippen LogP contribution in [0.5, 0.6) is 0 Å². The smallest absolute Gasteiger partial charge is 0.266 e. The lowest BCUT2D eigenvalue weighted by Gasteiger charge is -2.31. The fourth-order valence-electron chi connectivity index (χ4n) is 2.97. The zero-order valence-electron chi connectivity index (χ0n) is 16.9. The van der Waals surface area contributed by atoms with Gasteiger partial charge >= 0.3 is 0 Å². The molecule has 0 aromatic heterocycles. The summed E-state index contributed by atoms with van der Waals surface area (Å²) in [7, 11) is 0. The maximum absolute atomic E-state index is 13.1. The molecule has 10 heteroatoms. The van der Waals surface area contributed by atoms with E-state index < -0.39 is 29.2 Å². The maximum atomic E-state index is 13.1. The van der Waals surface area contributed by atoms with Crippen molar-refractivity contribution in [2.45, 2.75) is 13.8 Å². The second-order valence-corrected chi connectivity index (χ2v) is 8.13. The SMILES string of the molecule is Cc1ccc(N2C(=O)[C@@H](/C=C(\C#N)C(=O)Nc3cccc(Cl)c3Cl)C(=O)NC2=S)cc1C. The molecule has 3 amide bonds. The summed E-state index contributed by atoms with van der Waals surface area (Å²) in [5.74, 6) is -3.69. The second kappa shape index (κ2) is 9.49. The first kappa shape index (κ1) is 23.4. The van der Waals surface area contributed by atoms with Crippen LogP contribution >= 0.6 is 35.4 Å². The number of amides is 3. The standard InChI is InChI=1S/C22H16Cl2N4O3S/c1-11-6-7-14(8-12(11)2)28-21(31)15(20(30)27-22(28)32)9-13(10-25)19(29)26-17-5-3-4-16(23)18(17)24/h3-9,15H,1-2H3,(H,26,29)(H,27,30,32)/b13-9+/t15-/m0/s1. The Morgan fingerprint density at radius 1 is 1.22 bits per heavy atom. The van der Waals surface area contributed by atoms with E-state index in [2.05, 4.69) is 10.6 Å². The molecule has 2 aromatic rings. The van der Waals surface area contributed by atoms with Crippen molar-refractivity contribution in [1.82, 2.24) is 5.32 Å². The highest BCUT2D eigenvalue weighted by atomic mass is 35.5. The number of nitrogens with one attached hydrogen (secondary N) is 2. The molecule has 1 heterocycles. The third kappa shape index (κ3) is 4.65. The number of halogens is 2. The van der Waals surface area contributed by atoms with Crippen LogP contribution in [0.1, 0.15) is 11.1 Å². The van der Waals surface area contributed by atoms with Crippen molar-refractivity contribution >= 4 is 69.6 Å². The summed E-state index contributed by atoms with van der Waals surface area (Å²) in [4.78, 5) is 39.4. The third-order valence-corrected chi connectivity index (χ3v) is 5.95. The van der Waals surface area contributed by atoms with Gasteiger partial charge in [-0.1, -0.05) is 35.3 Å². The predicted molar refractivity (Wildman–Crippen MR) is 126 cm³/mol. The van der Waals surface area contributed by atoms with E-state index in [1.807, 2.05) is 19.9 Å². The topological polar surface area (TPSA) is 102 Å². The van der Waals surface area contributed by atoms with Crippen LogP contribution in [0.25, 0.3) is 0 Å². The molecule has 2 aromatic carbocycles. The van der Waals surface area contributed by atoms with Crippen LogP contribution in [0.3, 0.4) is 0 Å². The van der Waals surface area contributed by atoms with E-state index in [1.54, 1.807) is 24.3 Å². The van der Waals surface area contributed by atoms with Crippen LogP contribution in [-0.4, -0.2) is 22.8 Å². The number of benzene rings is 2. The van der Waals surface area contributed by atoms with Gasteiger partial charge in [0.1, 0.15) is 17.6 Å². The molecular weight excluding hydrogens is 471 g/mol. The molecule has 1 saturated heterocycles. The van der Waals surface area contributed by atoms with Crippen LogP contribution < -0.4 is 15.5 Å². The average molecular weight is 487 g/mol. The van der Waals surface area contributed by atoms with Gasteiger partial charge in [-0.05, 0) is 67.5 Å². The highest BCUT2D eigenvalue weighted by Gasteiger charge is 2.39. The minimum absolute atomic E-state index is 0.0819. The van der Waals surface area contributed by atoms with Gasteiger partial charge in [0.25, 0.3) is 5.91 Å². The fraction of sp³-hybridized carbons (Fsp3) is 0.136. The zero-order chi connectivity index (χ0) is 23.6. The number of carbonyl (C=O) groups excluding carboxylic acids is 3. The molecule has 0 saturated carbocycles. The Labute approximate surface area is 199 Å². The van der Waals surface area contributed by atoms with Crippen molar-refractivity contribution in [1.29, 1.82) is 5.26 Å². The van der Waals surface area contributed by atoms with Crippen molar-refractivity contribution in [3.63, 3.8) is 0 Å². The van der Waals surface area contributed by atoms with Gasteiger partial charge in [-0.15, -0.1) is 0 Å². The summed E-state index contributed by atoms with van der Waals surface area (Å²) in [5.41, 5.74) is 2.16. The van der Waals surface area contributed by atoms with Crippen LogP contribution in [-0.2, 0) is 14.4 Å². The Kier molecular flexibility index (Phi) is 6.94. The van der Waals surface area contributed by atoms with Gasteiger partial charge in [-0.2, -0.15) is 5.26 Å². The Morgan fingerprint density at radius 3 is 2.59 bits per heavy atom. The Hall–Kier alpha value is -3.25. The highest BCUT2D eigenvalue weighted by molar-refractivity contribution is 7.80. The summed E-state index contributed by atoms with van der Waals surface area (Å²) in [6.07, 6.45) is 1.00. The first-order valence-electron chi connectivity index (χ1n) is 9.27. The predicted octanol–water partition coefficient (Wildman–Crippen LogP) is 4.06. The van der Waals surface area contributed by atoms with Gasteiger partial charge in [-0.3, -0.25) is 19.3 Å². The third-order valence-electron chi connectivity index (χ3n) is 4.85. The number of carbonyl (C=O) groups is 3. The summed E-state index contributed by atoms with van der Waals surface area (Å²) in [5, 5.41) is 14.6. The summed E-state index contributed by atoms with van der Waals surface area (Å²) >= 11 is 17.2. The maximum Gasteiger partial charge on any atom is 0.266 e. The average Bonchev–Trinajstić information content (AvgIpc) is 2.73. The summed E-state index contributed by atoms with van der Waals surface area (Å²) in [6.45, 7) is 3.80. The lowest BCUT2D eigenvalue weighted by Crippen LogP contribution is -2.57. The Balaban J connectivity index is 1.92. The Morgan fingerprint density at radius 2 is 1.94 bits per heavy atom. The van der Waals surface area contributed by atoms with Crippen molar-refractivity contribution in [3.8, 4) is 6.07 Å². The van der Waals surface area contributed by atoms with Crippen molar-refractivity contribution in [3.05, 3.63) is 69.2 Å². The van der Waals surface area contributed by atoms with Gasteiger partial charge < -0.3 is 10.6 Å². The highest BCUT2D eigenvalue weighted by Crippen LogP contribution is 2.30. The number of aryl methyl sites for hydroxylation is 2. The number of nitrogens with zero attached hydrogens (tertiary/aromatic N) is 2. The molecule has 0 unspecified atom stereocenters. The Bertz CT molecular complexity index is 1240. The van der Waals surface area contributed by atoms with Crippen LogP contribution in [0.2, 0.25) is 10.0 Å². The molecule has 1 atom stereocenters. The number of thiocarbonyl (C=S) groups is 1. The van der Waals surface area contributed by atoms with E-state index >= 15 is 0 Å². The minimum Gasteiger partial charge on any atom is -0.320 e. The molecule has 32 heavy (non-hydrogen) atoms. The van der Waals surface area contributed by atoms with Crippen molar-refractivity contribution < 1.29 is 14.4 Å². The summed E-state index contributed by atoms with van der Waals surface area (Å²) < 4.78 is 0. The normalized spacial score (nSPS) is 16.5. The summed E-state index contributed by atoms with van der Waals surface area (Å²) in [6, 6.07) is 11.6. The number of nitriles is 1. The largest absolute Gasteiger partial charge is 0.320 e. The van der Waals surface area contributed by atoms with Gasteiger partial charge in [0.05, 0.1) is 21.4 Å². The molecule has 1 aliphatic rings. The van der Waals surface area contributed by atoms with E-state index in [-0.39, 0.29) is 20.8 Å². The molecule has 0 spiro atoms. The van der Waals surface area contributed by atoms with E-state index in [4.69, 9.17) is 35.4 Å². The van der Waals surface area contributed by atoms with E-state index in [9.17, 15) is 19.6 Å². The fourth-order valence-corrected chi connectivity index (χ4v) is 3.61. The molecule has 0 aliphatic carbocycles. The first-order valence-corrected chi connectivity index (χ1v) is 10.4. The molecule has 7 nitrogen and oxygen atoms in total. The van der Waals surface area contributed by atoms with Gasteiger partial charge in [0.15, 0.2) is 5.11 Å². The lowest BCUT2D eigenvalue weighted by atomic mass is 10.00. The van der Waals surface area contributed by atoms with Gasteiger partial charge in [0, 0.05) is 0 Å². The molecular formula is C22H16Cl2N4O3S. The zero-order valence-corrected chi connectivity index (χ0v) is 19.2. The molecule has 0 radical (unpaired) electrons. The van der Waals surface area contributed by atoms with Crippen LogP contribution in [0.4, 0.5) is 11.4 Å². The van der Waals surface area contributed by atoms with Crippen molar-refractivity contribution in [2.75, 3.05) is 10.2 Å². The van der Waals surface area contributed by atoms with Crippen LogP contribution in [0.15, 0.2) is 48.0 Å². The van der Waals surface area contributed by atoms with E-state index in [0.717, 1.165) is 17.2 Å². The molecule has 1 fully saturated rings. The second-order valence-electron chi connectivity index (χ2n) is 6.96. The minimum atomic E-state index is -1.43. The molecule has 0 bridgehead atoms. The van der Waals surface area contributed by atoms with Gasteiger partial charge in [0.2, 0.25) is 11.8 Å². The first-order chi connectivity index (χ1) is 15.1. The molecule has 162 valence electrons. The monoisotopic (exact) mass is 486 g/mol.